The molecule has 0 aliphatic heterocycles. The van der Waals surface area contributed by atoms with Crippen molar-refractivity contribution in [2.75, 3.05) is 20.3 Å². The Morgan fingerprint density at radius 3 is 2.77 bits per heavy atom. The molecule has 5 nitrogen and oxygen atoms in total. The van der Waals surface area contributed by atoms with E-state index in [2.05, 4.69) is 10.4 Å². The van der Waals surface area contributed by atoms with Gasteiger partial charge < -0.3 is 10.1 Å². The first kappa shape index (κ1) is 16.8. The van der Waals surface area contributed by atoms with Crippen LogP contribution in [0.5, 0.6) is 0 Å². The quantitative estimate of drug-likeness (QED) is 0.822. The van der Waals surface area contributed by atoms with Crippen LogP contribution in [0.15, 0.2) is 24.3 Å². The van der Waals surface area contributed by atoms with Crippen LogP contribution in [0.1, 0.15) is 21.6 Å². The molecule has 1 aromatic carbocycles. The van der Waals surface area contributed by atoms with E-state index in [0.717, 1.165) is 5.56 Å². The first-order chi connectivity index (χ1) is 10.5. The third-order valence-corrected chi connectivity index (χ3v) is 3.92. The second kappa shape index (κ2) is 7.63. The lowest BCUT2D eigenvalue weighted by atomic mass is 10.2. The molecule has 0 bridgehead atoms. The van der Waals surface area contributed by atoms with Crippen molar-refractivity contribution in [2.24, 2.45) is 0 Å². The number of rotatable bonds is 6. The van der Waals surface area contributed by atoms with Gasteiger partial charge in [0, 0.05) is 18.7 Å². The smallest absolute Gasteiger partial charge is 0.256 e. The third kappa shape index (κ3) is 3.80. The number of aromatic nitrogens is 2. The predicted octanol–water partition coefficient (Wildman–Crippen LogP) is 2.92. The highest BCUT2D eigenvalue weighted by atomic mass is 35.5. The molecule has 0 aliphatic rings. The summed E-state index contributed by atoms with van der Waals surface area (Å²) in [4.78, 5) is 12.2. The van der Waals surface area contributed by atoms with Gasteiger partial charge in [0.2, 0.25) is 0 Å². The van der Waals surface area contributed by atoms with Crippen molar-refractivity contribution in [2.45, 2.75) is 13.5 Å². The summed E-state index contributed by atoms with van der Waals surface area (Å²) < 4.78 is 6.48. The Hall–Kier alpha value is -1.56. The summed E-state index contributed by atoms with van der Waals surface area (Å²) in [5.74, 6) is -0.259. The number of benzene rings is 1. The van der Waals surface area contributed by atoms with Gasteiger partial charge in [-0.3, -0.25) is 4.79 Å². The van der Waals surface area contributed by atoms with Crippen molar-refractivity contribution in [3.63, 3.8) is 0 Å². The molecule has 1 heterocycles. The van der Waals surface area contributed by atoms with Gasteiger partial charge in [0.05, 0.1) is 24.4 Å². The number of carbonyl (C=O) groups excluding carboxylic acids is 1. The third-order valence-electron chi connectivity index (χ3n) is 3.16. The van der Waals surface area contributed by atoms with E-state index in [1.165, 1.54) is 0 Å². The van der Waals surface area contributed by atoms with Crippen molar-refractivity contribution in [1.82, 2.24) is 15.1 Å². The molecule has 1 N–H and O–H groups in total. The highest BCUT2D eigenvalue weighted by molar-refractivity contribution is 6.33. The van der Waals surface area contributed by atoms with Crippen molar-refractivity contribution < 1.29 is 9.53 Å². The van der Waals surface area contributed by atoms with Gasteiger partial charge >= 0.3 is 0 Å². The molecule has 2 rings (SSSR count). The molecule has 0 unspecified atom stereocenters. The minimum absolute atomic E-state index is 0.259. The first-order valence-corrected chi connectivity index (χ1v) is 7.53. The van der Waals surface area contributed by atoms with Crippen LogP contribution in [0.3, 0.4) is 0 Å². The first-order valence-electron chi connectivity index (χ1n) is 6.78. The number of hydrogen-bond donors (Lipinski definition) is 1. The van der Waals surface area contributed by atoms with E-state index in [1.807, 2.05) is 18.2 Å². The van der Waals surface area contributed by atoms with Gasteiger partial charge in [-0.05, 0) is 18.6 Å². The molecule has 0 saturated heterocycles. The minimum atomic E-state index is -0.259. The minimum Gasteiger partial charge on any atom is -0.383 e. The van der Waals surface area contributed by atoms with Gasteiger partial charge in [-0.25, -0.2) is 4.68 Å². The molecule has 118 valence electrons. The number of aryl methyl sites for hydroxylation is 1. The van der Waals surface area contributed by atoms with Gasteiger partial charge in [0.1, 0.15) is 5.15 Å². The van der Waals surface area contributed by atoms with Crippen LogP contribution in [-0.4, -0.2) is 35.9 Å². The van der Waals surface area contributed by atoms with Crippen LogP contribution in [0.25, 0.3) is 0 Å². The summed E-state index contributed by atoms with van der Waals surface area (Å²) in [7, 11) is 1.58. The molecule has 0 spiro atoms. The van der Waals surface area contributed by atoms with E-state index in [1.54, 1.807) is 24.8 Å². The maximum atomic E-state index is 12.2. The number of nitrogens with zero attached hydrogens (tertiary/aromatic N) is 2. The Morgan fingerprint density at radius 2 is 2.09 bits per heavy atom. The normalized spacial score (nSPS) is 10.7. The summed E-state index contributed by atoms with van der Waals surface area (Å²) in [5, 5.41) is 8.01. The van der Waals surface area contributed by atoms with Crippen LogP contribution < -0.4 is 5.32 Å². The Bertz CT molecular complexity index is 671. The molecule has 1 amide bonds. The second-order valence-electron chi connectivity index (χ2n) is 4.75. The maximum absolute atomic E-state index is 12.2. The Kier molecular flexibility index (Phi) is 5.83. The number of methoxy groups -OCH3 is 1. The molecular formula is C15H17Cl2N3O2. The Balaban J connectivity index is 2.20. The zero-order chi connectivity index (χ0) is 16.1. The van der Waals surface area contributed by atoms with Crippen molar-refractivity contribution in [3.8, 4) is 0 Å². The molecule has 0 radical (unpaired) electrons. The molecule has 1 aromatic heterocycles. The zero-order valence-corrected chi connectivity index (χ0v) is 13.9. The van der Waals surface area contributed by atoms with Crippen LogP contribution in [0, 0.1) is 6.92 Å². The Labute approximate surface area is 139 Å². The lowest BCUT2D eigenvalue weighted by Gasteiger charge is -2.06. The number of hydrogen-bond acceptors (Lipinski definition) is 3. The van der Waals surface area contributed by atoms with Crippen LogP contribution in [-0.2, 0) is 11.3 Å². The molecule has 0 saturated carbocycles. The maximum Gasteiger partial charge on any atom is 0.256 e. The molecule has 0 aliphatic carbocycles. The van der Waals surface area contributed by atoms with Gasteiger partial charge in [0.25, 0.3) is 5.91 Å². The van der Waals surface area contributed by atoms with Crippen LogP contribution in [0.4, 0.5) is 0 Å². The van der Waals surface area contributed by atoms with Crippen LogP contribution >= 0.6 is 23.2 Å². The number of carbonyl (C=O) groups is 1. The molecule has 2 aromatic rings. The van der Waals surface area contributed by atoms with Crippen molar-refractivity contribution >= 4 is 29.1 Å². The SMILES string of the molecule is COCCNC(=O)c1c(C)nn(Cc2ccccc2Cl)c1Cl. The van der Waals surface area contributed by atoms with Gasteiger partial charge in [-0.15, -0.1) is 0 Å². The highest BCUT2D eigenvalue weighted by Crippen LogP contribution is 2.23. The van der Waals surface area contributed by atoms with Crippen molar-refractivity contribution in [1.29, 1.82) is 0 Å². The average Bonchev–Trinajstić information content (AvgIpc) is 2.76. The van der Waals surface area contributed by atoms with Crippen LogP contribution in [0.2, 0.25) is 10.2 Å². The molecular weight excluding hydrogens is 325 g/mol. The topological polar surface area (TPSA) is 56.1 Å². The lowest BCUT2D eigenvalue weighted by molar-refractivity contribution is 0.0936. The lowest BCUT2D eigenvalue weighted by Crippen LogP contribution is -2.27. The summed E-state index contributed by atoms with van der Waals surface area (Å²) in [6.45, 7) is 3.02. The molecule has 22 heavy (non-hydrogen) atoms. The zero-order valence-electron chi connectivity index (χ0n) is 12.4. The summed E-state index contributed by atoms with van der Waals surface area (Å²) in [6.07, 6.45) is 0. The van der Waals surface area contributed by atoms with Gasteiger partial charge in [0.15, 0.2) is 0 Å². The molecule has 0 fully saturated rings. The fourth-order valence-corrected chi connectivity index (χ4v) is 2.57. The number of amides is 1. The largest absolute Gasteiger partial charge is 0.383 e. The van der Waals surface area contributed by atoms with E-state index in [9.17, 15) is 4.79 Å². The fourth-order valence-electron chi connectivity index (χ4n) is 2.06. The predicted molar refractivity (Wildman–Crippen MR) is 86.7 cm³/mol. The summed E-state index contributed by atoms with van der Waals surface area (Å²) in [6, 6.07) is 7.45. The standard InChI is InChI=1S/C15H17Cl2N3O2/c1-10-13(15(21)18-7-8-22-2)14(17)20(19-10)9-11-5-3-4-6-12(11)16/h3-6H,7-9H2,1-2H3,(H,18,21). The summed E-state index contributed by atoms with van der Waals surface area (Å²) in [5.41, 5.74) is 1.84. The van der Waals surface area contributed by atoms with E-state index in [0.29, 0.717) is 41.1 Å². The van der Waals surface area contributed by atoms with E-state index in [4.69, 9.17) is 27.9 Å². The van der Waals surface area contributed by atoms with E-state index in [-0.39, 0.29) is 5.91 Å². The number of halogens is 2. The van der Waals surface area contributed by atoms with E-state index < -0.39 is 0 Å². The summed E-state index contributed by atoms with van der Waals surface area (Å²) >= 11 is 12.4. The van der Waals surface area contributed by atoms with Gasteiger partial charge in [-0.1, -0.05) is 41.4 Å². The van der Waals surface area contributed by atoms with E-state index >= 15 is 0 Å². The molecule has 7 heteroatoms. The number of ether oxygens (including phenoxy) is 1. The fraction of sp³-hybridized carbons (Fsp3) is 0.333. The monoisotopic (exact) mass is 341 g/mol. The van der Waals surface area contributed by atoms with Crippen molar-refractivity contribution in [3.05, 3.63) is 51.3 Å². The number of nitrogens with one attached hydrogen (secondary N) is 1. The second-order valence-corrected chi connectivity index (χ2v) is 5.51. The molecule has 0 atom stereocenters. The average molecular weight is 342 g/mol. The highest BCUT2D eigenvalue weighted by Gasteiger charge is 2.20. The van der Waals surface area contributed by atoms with Gasteiger partial charge in [-0.2, -0.15) is 5.10 Å². The Morgan fingerprint density at radius 1 is 1.36 bits per heavy atom.